The van der Waals surface area contributed by atoms with Crippen molar-refractivity contribution in [3.05, 3.63) is 72.9 Å². The van der Waals surface area contributed by atoms with E-state index in [2.05, 4.69) is 79.9 Å². The van der Waals surface area contributed by atoms with E-state index in [1.165, 1.54) is 128 Å². The van der Waals surface area contributed by atoms with Crippen LogP contribution in [0, 0.1) is 0 Å². The van der Waals surface area contributed by atoms with Gasteiger partial charge in [-0.1, -0.05) is 222 Å². The van der Waals surface area contributed by atoms with Gasteiger partial charge in [-0.2, -0.15) is 0 Å². The molecule has 0 aliphatic carbocycles. The van der Waals surface area contributed by atoms with Crippen LogP contribution in [0.4, 0.5) is 0 Å². The molecule has 7 unspecified atom stereocenters. The summed E-state index contributed by atoms with van der Waals surface area (Å²) >= 11 is 0. The molecule has 1 fully saturated rings. The molecule has 1 amide bonds. The van der Waals surface area contributed by atoms with E-state index in [0.717, 1.165) is 70.6 Å². The first kappa shape index (κ1) is 60.6. The van der Waals surface area contributed by atoms with Crippen LogP contribution in [0.15, 0.2) is 72.9 Å². The van der Waals surface area contributed by atoms with E-state index in [4.69, 9.17) is 9.47 Å². The van der Waals surface area contributed by atoms with Gasteiger partial charge in [0.1, 0.15) is 24.4 Å². The summed E-state index contributed by atoms with van der Waals surface area (Å²) in [5.41, 5.74) is 0. The molecule has 6 N–H and O–H groups in total. The van der Waals surface area contributed by atoms with Crippen LogP contribution >= 0.6 is 0 Å². The van der Waals surface area contributed by atoms with Crippen molar-refractivity contribution in [2.75, 3.05) is 13.2 Å². The molecule has 0 radical (unpaired) electrons. The van der Waals surface area contributed by atoms with Gasteiger partial charge < -0.3 is 40.3 Å². The van der Waals surface area contributed by atoms with E-state index < -0.39 is 49.5 Å². The minimum atomic E-state index is -1.57. The lowest BCUT2D eigenvalue weighted by atomic mass is 9.99. The first-order valence-electron chi connectivity index (χ1n) is 26.7. The van der Waals surface area contributed by atoms with Crippen molar-refractivity contribution in [3.8, 4) is 0 Å². The molecule has 0 aromatic carbocycles. The number of aliphatic hydroxyl groups excluding tert-OH is 5. The van der Waals surface area contributed by atoms with Gasteiger partial charge in [0.15, 0.2) is 6.29 Å². The Balaban J connectivity index is 2.10. The predicted molar refractivity (Wildman–Crippen MR) is 272 cm³/mol. The number of allylic oxidation sites excluding steroid dienone is 11. The SMILES string of the molecule is CC/C=C\C/C=C\C/C=C\C/C=C\C/C=C\CCCCCCCCCCCCCCCCCCCC(=O)NC(COC1OC(CO)C(O)C(O)C1O)C(O)/C=C/CCCCCCCCC. The summed E-state index contributed by atoms with van der Waals surface area (Å²) < 4.78 is 11.2. The maximum Gasteiger partial charge on any atom is 0.220 e. The summed E-state index contributed by atoms with van der Waals surface area (Å²) in [6.45, 7) is 3.62. The van der Waals surface area contributed by atoms with Crippen LogP contribution in [-0.4, -0.2) is 87.5 Å². The Kier molecular flexibility index (Phi) is 42.4. The molecule has 7 atom stereocenters. The minimum absolute atomic E-state index is 0.181. The average molecular weight is 914 g/mol. The normalized spacial score (nSPS) is 20.5. The highest BCUT2D eigenvalue weighted by atomic mass is 16.7. The Bertz CT molecular complexity index is 1240. The standard InChI is InChI=1S/C56H99NO8/c1-3-5-7-9-11-13-14-15-16-17-18-19-20-21-22-23-24-25-26-27-28-29-30-31-32-33-34-35-36-38-40-42-44-46-52(60)57-49(50(59)45-43-41-39-37-12-10-8-6-4-2)48-64-56-55(63)54(62)53(61)51(47-58)65-56/h5,7,11,13,15-16,18-19,21-22,43,45,49-51,53-56,58-59,61-63H,3-4,6,8-10,12,14,17,20,23-42,44,46-48H2,1-2H3,(H,57,60)/b7-5-,13-11-,16-15-,19-18-,22-21-,45-43+. The molecule has 0 aromatic rings. The van der Waals surface area contributed by atoms with Crippen LogP contribution in [0.3, 0.4) is 0 Å². The first-order valence-corrected chi connectivity index (χ1v) is 26.7. The van der Waals surface area contributed by atoms with Crippen molar-refractivity contribution in [2.45, 2.75) is 262 Å². The van der Waals surface area contributed by atoms with Gasteiger partial charge in [0, 0.05) is 6.42 Å². The van der Waals surface area contributed by atoms with E-state index in [9.17, 15) is 30.3 Å². The molecule has 9 heteroatoms. The quantitative estimate of drug-likeness (QED) is 0.0261. The number of hydrogen-bond acceptors (Lipinski definition) is 8. The number of unbranched alkanes of at least 4 members (excludes halogenated alkanes) is 24. The smallest absolute Gasteiger partial charge is 0.220 e. The zero-order chi connectivity index (χ0) is 47.3. The van der Waals surface area contributed by atoms with Crippen LogP contribution in [0.25, 0.3) is 0 Å². The molecule has 376 valence electrons. The molecule has 1 heterocycles. The molecule has 0 spiro atoms. The maximum atomic E-state index is 13.0. The summed E-state index contributed by atoms with van der Waals surface area (Å²) in [6.07, 6.45) is 55.6. The lowest BCUT2D eigenvalue weighted by Gasteiger charge is -2.40. The van der Waals surface area contributed by atoms with Gasteiger partial charge in [0.25, 0.3) is 0 Å². The average Bonchev–Trinajstić information content (AvgIpc) is 3.31. The van der Waals surface area contributed by atoms with Gasteiger partial charge in [-0.05, 0) is 64.2 Å². The van der Waals surface area contributed by atoms with Crippen molar-refractivity contribution in [2.24, 2.45) is 0 Å². The number of ether oxygens (including phenoxy) is 2. The first-order chi connectivity index (χ1) is 31.8. The Morgan fingerprint density at radius 1 is 0.538 bits per heavy atom. The molecule has 65 heavy (non-hydrogen) atoms. The Morgan fingerprint density at radius 2 is 0.954 bits per heavy atom. The molecule has 0 saturated carbocycles. The fourth-order valence-corrected chi connectivity index (χ4v) is 8.07. The highest BCUT2D eigenvalue weighted by Crippen LogP contribution is 2.23. The highest BCUT2D eigenvalue weighted by Gasteiger charge is 2.44. The molecular weight excluding hydrogens is 815 g/mol. The number of rotatable bonds is 44. The third-order valence-corrected chi connectivity index (χ3v) is 12.3. The lowest BCUT2D eigenvalue weighted by molar-refractivity contribution is -0.302. The molecule has 1 saturated heterocycles. The van der Waals surface area contributed by atoms with Crippen molar-refractivity contribution < 1.29 is 39.8 Å². The fraction of sp³-hybridized carbons (Fsp3) is 0.768. The maximum absolute atomic E-state index is 13.0. The highest BCUT2D eigenvalue weighted by molar-refractivity contribution is 5.76. The van der Waals surface area contributed by atoms with Crippen LogP contribution < -0.4 is 5.32 Å². The van der Waals surface area contributed by atoms with E-state index in [-0.39, 0.29) is 12.5 Å². The minimum Gasteiger partial charge on any atom is -0.394 e. The van der Waals surface area contributed by atoms with Gasteiger partial charge in [0.05, 0.1) is 25.4 Å². The summed E-state index contributed by atoms with van der Waals surface area (Å²) in [5.74, 6) is -0.181. The number of carbonyl (C=O) groups excluding carboxylic acids is 1. The summed E-state index contributed by atoms with van der Waals surface area (Å²) in [6, 6.07) is -0.804. The van der Waals surface area contributed by atoms with Crippen molar-refractivity contribution in [1.29, 1.82) is 0 Å². The number of amides is 1. The van der Waals surface area contributed by atoms with E-state index in [1.54, 1.807) is 6.08 Å². The molecule has 1 rings (SSSR count). The van der Waals surface area contributed by atoms with Crippen molar-refractivity contribution in [1.82, 2.24) is 5.32 Å². The molecule has 9 nitrogen and oxygen atoms in total. The summed E-state index contributed by atoms with van der Waals surface area (Å²) in [7, 11) is 0. The molecule has 0 bridgehead atoms. The molecular formula is C56H99NO8. The zero-order valence-electron chi connectivity index (χ0n) is 41.5. The van der Waals surface area contributed by atoms with Gasteiger partial charge >= 0.3 is 0 Å². The van der Waals surface area contributed by atoms with Gasteiger partial charge in [-0.3, -0.25) is 4.79 Å². The predicted octanol–water partition coefficient (Wildman–Crippen LogP) is 12.5. The second-order valence-electron chi connectivity index (χ2n) is 18.3. The van der Waals surface area contributed by atoms with Crippen molar-refractivity contribution >= 4 is 5.91 Å². The van der Waals surface area contributed by atoms with Gasteiger partial charge in [-0.25, -0.2) is 0 Å². The third-order valence-electron chi connectivity index (χ3n) is 12.3. The van der Waals surface area contributed by atoms with Crippen LogP contribution in [0.1, 0.15) is 219 Å². The van der Waals surface area contributed by atoms with E-state index in [0.29, 0.717) is 6.42 Å². The van der Waals surface area contributed by atoms with Crippen molar-refractivity contribution in [3.63, 3.8) is 0 Å². The molecule has 0 aromatic heterocycles. The molecule has 1 aliphatic rings. The van der Waals surface area contributed by atoms with Gasteiger partial charge in [-0.15, -0.1) is 0 Å². The zero-order valence-corrected chi connectivity index (χ0v) is 41.5. The number of aliphatic hydroxyl groups is 5. The van der Waals surface area contributed by atoms with Crippen LogP contribution in [0.2, 0.25) is 0 Å². The summed E-state index contributed by atoms with van der Waals surface area (Å²) in [5, 5.41) is 54.1. The lowest BCUT2D eigenvalue weighted by Crippen LogP contribution is -2.60. The summed E-state index contributed by atoms with van der Waals surface area (Å²) in [4.78, 5) is 13.0. The second kappa shape index (κ2) is 45.4. The fourth-order valence-electron chi connectivity index (χ4n) is 8.07. The van der Waals surface area contributed by atoms with E-state index >= 15 is 0 Å². The van der Waals surface area contributed by atoms with E-state index in [1.807, 2.05) is 6.08 Å². The third kappa shape index (κ3) is 35.4. The number of hydrogen-bond donors (Lipinski definition) is 6. The van der Waals surface area contributed by atoms with Gasteiger partial charge in [0.2, 0.25) is 5.91 Å². The number of nitrogens with one attached hydrogen (secondary N) is 1. The molecule has 1 aliphatic heterocycles. The topological polar surface area (TPSA) is 149 Å². The largest absolute Gasteiger partial charge is 0.394 e. The van der Waals surface area contributed by atoms with Crippen LogP contribution in [-0.2, 0) is 14.3 Å². The Labute approximate surface area is 398 Å². The Morgan fingerprint density at radius 3 is 1.42 bits per heavy atom. The Hall–Kier alpha value is -2.37. The number of carbonyl (C=O) groups is 1. The van der Waals surface area contributed by atoms with Crippen LogP contribution in [0.5, 0.6) is 0 Å². The second-order valence-corrected chi connectivity index (χ2v) is 18.3. The monoisotopic (exact) mass is 914 g/mol.